The van der Waals surface area contributed by atoms with Crippen LogP contribution in [0.1, 0.15) is 37.7 Å². The number of amides is 2. The van der Waals surface area contributed by atoms with Crippen LogP contribution in [0, 0.1) is 9.49 Å². The Morgan fingerprint density at radius 3 is 2.71 bits per heavy atom. The van der Waals surface area contributed by atoms with Crippen molar-refractivity contribution in [2.24, 2.45) is 5.92 Å². The summed E-state index contributed by atoms with van der Waals surface area (Å²) in [4.78, 5) is 26.6. The van der Waals surface area contributed by atoms with Gasteiger partial charge in [0.1, 0.15) is 5.75 Å². The Hall–Kier alpha value is -0.540. The molecule has 2 fully saturated rings. The van der Waals surface area contributed by atoms with Crippen molar-refractivity contribution in [3.8, 4) is 5.75 Å². The molecule has 0 atom stereocenters. The van der Waals surface area contributed by atoms with Crippen molar-refractivity contribution in [1.29, 1.82) is 0 Å². The average Bonchev–Trinajstić information content (AvgIpc) is 2.81. The van der Waals surface area contributed by atoms with Crippen molar-refractivity contribution in [1.82, 2.24) is 4.90 Å². The first-order chi connectivity index (χ1) is 11.5. The van der Waals surface area contributed by atoms with Crippen molar-refractivity contribution in [2.75, 3.05) is 6.54 Å². The summed E-state index contributed by atoms with van der Waals surface area (Å²) < 4.78 is 1.51. The minimum atomic E-state index is -0.245. The highest BCUT2D eigenvalue weighted by molar-refractivity contribution is 14.1. The van der Waals surface area contributed by atoms with Gasteiger partial charge in [-0.3, -0.25) is 14.5 Å². The highest BCUT2D eigenvalue weighted by atomic mass is 127. The van der Waals surface area contributed by atoms with E-state index in [2.05, 4.69) is 15.9 Å². The number of carbonyl (C=O) groups excluding carboxylic acids is 2. The van der Waals surface area contributed by atoms with E-state index in [4.69, 9.17) is 0 Å². The monoisotopic (exact) mass is 521 g/mol. The number of nitrogens with zero attached hydrogens (tertiary/aromatic N) is 1. The third-order valence-corrected chi connectivity index (χ3v) is 6.57. The highest BCUT2D eigenvalue weighted by Gasteiger charge is 2.36. The topological polar surface area (TPSA) is 57.6 Å². The zero-order chi connectivity index (χ0) is 17.3. The van der Waals surface area contributed by atoms with Gasteiger partial charge in [0.05, 0.1) is 8.48 Å². The van der Waals surface area contributed by atoms with E-state index in [9.17, 15) is 14.7 Å². The third-order valence-electron chi connectivity index (χ3n) is 4.38. The number of rotatable bonds is 3. The fraction of sp³-hybridized carbons (Fsp3) is 0.412. The number of carbonyl (C=O) groups is 2. The number of halogens is 2. The van der Waals surface area contributed by atoms with Gasteiger partial charge in [-0.25, -0.2) is 0 Å². The van der Waals surface area contributed by atoms with Crippen LogP contribution in [0.15, 0.2) is 21.5 Å². The number of hydrogen-bond acceptors (Lipinski definition) is 4. The van der Waals surface area contributed by atoms with Crippen molar-refractivity contribution in [2.45, 2.75) is 32.1 Å². The second kappa shape index (κ2) is 7.78. The van der Waals surface area contributed by atoms with Crippen LogP contribution in [0.3, 0.4) is 0 Å². The lowest BCUT2D eigenvalue weighted by Gasteiger charge is -2.25. The van der Waals surface area contributed by atoms with Crippen LogP contribution in [0.5, 0.6) is 5.75 Å². The molecule has 3 rings (SSSR count). The molecule has 24 heavy (non-hydrogen) atoms. The van der Waals surface area contributed by atoms with Crippen LogP contribution in [0.4, 0.5) is 4.79 Å². The number of phenolic OH excluding ortho intramolecular Hbond substituents is 1. The number of imide groups is 1. The molecule has 0 unspecified atom stereocenters. The number of aromatic hydroxyl groups is 1. The van der Waals surface area contributed by atoms with Crippen LogP contribution in [0.25, 0.3) is 6.08 Å². The molecular formula is C17H17BrINO3S. The first kappa shape index (κ1) is 18.3. The predicted molar refractivity (Wildman–Crippen MR) is 108 cm³/mol. The summed E-state index contributed by atoms with van der Waals surface area (Å²) in [6.45, 7) is 0.518. The summed E-state index contributed by atoms with van der Waals surface area (Å²) in [5.41, 5.74) is 0.539. The zero-order valence-corrected chi connectivity index (χ0v) is 17.5. The van der Waals surface area contributed by atoms with Gasteiger partial charge in [-0.15, -0.1) is 0 Å². The van der Waals surface area contributed by atoms with E-state index in [1.165, 1.54) is 24.2 Å². The molecule has 1 aliphatic carbocycles. The van der Waals surface area contributed by atoms with Crippen LogP contribution in [-0.2, 0) is 4.79 Å². The van der Waals surface area contributed by atoms with Crippen LogP contribution < -0.4 is 0 Å². The van der Waals surface area contributed by atoms with Gasteiger partial charge in [0.25, 0.3) is 11.1 Å². The SMILES string of the molecule is O=C1S/C(=C\c2cc(Br)cc(I)c2O)C(=O)N1CC1CCCCC1. The Morgan fingerprint density at radius 2 is 2.00 bits per heavy atom. The molecule has 7 heteroatoms. The van der Waals surface area contributed by atoms with E-state index in [0.29, 0.717) is 26.5 Å². The lowest BCUT2D eigenvalue weighted by atomic mass is 9.89. The summed E-state index contributed by atoms with van der Waals surface area (Å²) in [5, 5.41) is 9.96. The molecule has 1 saturated heterocycles. The Labute approximate surface area is 167 Å². The van der Waals surface area contributed by atoms with Crippen molar-refractivity contribution < 1.29 is 14.7 Å². The first-order valence-electron chi connectivity index (χ1n) is 7.89. The number of phenols is 1. The molecule has 0 radical (unpaired) electrons. The second-order valence-corrected chi connectivity index (χ2v) is 9.19. The fourth-order valence-corrected chi connectivity index (χ4v) is 5.51. The maximum absolute atomic E-state index is 12.6. The molecule has 4 nitrogen and oxygen atoms in total. The molecule has 2 aliphatic rings. The first-order valence-corrected chi connectivity index (χ1v) is 10.6. The zero-order valence-electron chi connectivity index (χ0n) is 12.9. The summed E-state index contributed by atoms with van der Waals surface area (Å²) in [6, 6.07) is 3.54. The summed E-state index contributed by atoms with van der Waals surface area (Å²) in [5.74, 6) is 0.301. The molecule has 1 heterocycles. The molecule has 1 aromatic rings. The van der Waals surface area contributed by atoms with Gasteiger partial charge in [-0.05, 0) is 71.3 Å². The maximum atomic E-state index is 12.6. The van der Waals surface area contributed by atoms with E-state index in [-0.39, 0.29) is 16.9 Å². The van der Waals surface area contributed by atoms with Crippen LogP contribution >= 0.6 is 50.3 Å². The number of benzene rings is 1. The second-order valence-electron chi connectivity index (χ2n) is 6.12. The third kappa shape index (κ3) is 3.99. The molecule has 1 aromatic carbocycles. The molecule has 0 bridgehead atoms. The maximum Gasteiger partial charge on any atom is 0.293 e. The molecule has 2 amide bonds. The van der Waals surface area contributed by atoms with Crippen molar-refractivity contribution in [3.05, 3.63) is 30.6 Å². The molecule has 128 valence electrons. The van der Waals surface area contributed by atoms with Gasteiger partial charge in [-0.1, -0.05) is 35.2 Å². The molecular weight excluding hydrogens is 505 g/mol. The largest absolute Gasteiger partial charge is 0.506 e. The molecule has 1 aliphatic heterocycles. The smallest absolute Gasteiger partial charge is 0.293 e. The van der Waals surface area contributed by atoms with E-state index < -0.39 is 0 Å². The van der Waals surface area contributed by atoms with Gasteiger partial charge in [0.15, 0.2) is 0 Å². The summed E-state index contributed by atoms with van der Waals surface area (Å²) in [7, 11) is 0. The van der Waals surface area contributed by atoms with Gasteiger partial charge in [-0.2, -0.15) is 0 Å². The Bertz CT molecular complexity index is 716. The standard InChI is InChI=1S/C17H17BrINO3S/c18-12-6-11(15(21)13(19)8-12)7-14-16(22)20(17(23)24-14)9-10-4-2-1-3-5-10/h6-8,10,21H,1-5,9H2/b14-7-. The lowest BCUT2D eigenvalue weighted by molar-refractivity contribution is -0.123. The van der Waals surface area contributed by atoms with E-state index in [0.717, 1.165) is 29.1 Å². The van der Waals surface area contributed by atoms with Crippen LogP contribution in [-0.4, -0.2) is 27.7 Å². The predicted octanol–water partition coefficient (Wildman–Crippen LogP) is 5.38. The molecule has 0 spiro atoms. The van der Waals surface area contributed by atoms with Crippen molar-refractivity contribution in [3.63, 3.8) is 0 Å². The minimum Gasteiger partial charge on any atom is -0.506 e. The van der Waals surface area contributed by atoms with E-state index >= 15 is 0 Å². The highest BCUT2D eigenvalue weighted by Crippen LogP contribution is 2.37. The molecule has 1 N–H and O–H groups in total. The van der Waals surface area contributed by atoms with E-state index in [1.54, 1.807) is 18.2 Å². The van der Waals surface area contributed by atoms with E-state index in [1.807, 2.05) is 22.6 Å². The van der Waals surface area contributed by atoms with Gasteiger partial charge < -0.3 is 5.11 Å². The summed E-state index contributed by atoms with van der Waals surface area (Å²) >= 11 is 6.38. The van der Waals surface area contributed by atoms with Crippen LogP contribution in [0.2, 0.25) is 0 Å². The minimum absolute atomic E-state index is 0.123. The fourth-order valence-electron chi connectivity index (χ4n) is 3.12. The Balaban J connectivity index is 1.80. The van der Waals surface area contributed by atoms with Crippen molar-refractivity contribution >= 4 is 67.5 Å². The normalized spacial score (nSPS) is 21.1. The Morgan fingerprint density at radius 1 is 1.29 bits per heavy atom. The molecule has 1 saturated carbocycles. The molecule has 0 aromatic heterocycles. The average molecular weight is 522 g/mol. The van der Waals surface area contributed by atoms with Gasteiger partial charge in [0.2, 0.25) is 0 Å². The number of hydrogen-bond donors (Lipinski definition) is 1. The van der Waals surface area contributed by atoms with Gasteiger partial charge >= 0.3 is 0 Å². The quantitative estimate of drug-likeness (QED) is 0.429. The lowest BCUT2D eigenvalue weighted by Crippen LogP contribution is -2.34. The van der Waals surface area contributed by atoms with Gasteiger partial charge in [0, 0.05) is 16.6 Å². The Kier molecular flexibility index (Phi) is 5.92. The summed E-state index contributed by atoms with van der Waals surface area (Å²) in [6.07, 6.45) is 7.39. The number of thioether (sulfide) groups is 1.